The van der Waals surface area contributed by atoms with Gasteiger partial charge in [0.1, 0.15) is 11.2 Å². The van der Waals surface area contributed by atoms with Crippen molar-refractivity contribution in [1.82, 2.24) is 0 Å². The van der Waals surface area contributed by atoms with Gasteiger partial charge >= 0.3 is 0 Å². The molecule has 45 heavy (non-hydrogen) atoms. The second-order valence-corrected chi connectivity index (χ2v) is 12.1. The van der Waals surface area contributed by atoms with Gasteiger partial charge in [-0.2, -0.15) is 0 Å². The van der Waals surface area contributed by atoms with E-state index in [1.54, 1.807) is 0 Å². The van der Waals surface area contributed by atoms with Crippen molar-refractivity contribution in [1.29, 1.82) is 0 Å². The molecule has 0 radical (unpaired) electrons. The fourth-order valence-electron chi connectivity index (χ4n) is 8.04. The van der Waals surface area contributed by atoms with Crippen LogP contribution in [-0.2, 0) is 5.41 Å². The minimum atomic E-state index is -0.431. The van der Waals surface area contributed by atoms with E-state index < -0.39 is 5.41 Å². The molecule has 0 fully saturated rings. The van der Waals surface area contributed by atoms with Crippen molar-refractivity contribution in [3.63, 3.8) is 0 Å². The summed E-state index contributed by atoms with van der Waals surface area (Å²) in [4.78, 5) is 0. The Bertz CT molecular complexity index is 2450. The Morgan fingerprint density at radius 3 is 1.93 bits per heavy atom. The third-order valence-electron chi connectivity index (χ3n) is 9.88. The topological polar surface area (TPSA) is 25.2 Å². The van der Waals surface area contributed by atoms with Gasteiger partial charge in [-0.1, -0.05) is 121 Å². The number of hydrogen-bond acceptors (Lipinski definition) is 2. The van der Waals surface area contributed by atoms with Crippen LogP contribution in [0.5, 0.6) is 0 Å². The van der Waals surface area contributed by atoms with Crippen LogP contribution >= 0.6 is 0 Å². The van der Waals surface area contributed by atoms with Crippen LogP contribution in [0.3, 0.4) is 0 Å². The first-order chi connectivity index (χ1) is 22.3. The summed E-state index contributed by atoms with van der Waals surface area (Å²) in [6.45, 7) is 0. The normalized spacial score (nSPS) is 15.6. The lowest BCUT2D eigenvalue weighted by Crippen LogP contribution is -2.25. The van der Waals surface area contributed by atoms with E-state index >= 15 is 0 Å². The zero-order valence-corrected chi connectivity index (χ0v) is 24.4. The highest BCUT2D eigenvalue weighted by Crippen LogP contribution is 2.64. The van der Waals surface area contributed by atoms with Crippen LogP contribution < -0.4 is 5.32 Å². The number of rotatable bonds is 3. The first kappa shape index (κ1) is 24.6. The van der Waals surface area contributed by atoms with Crippen molar-refractivity contribution in [2.75, 3.05) is 5.32 Å². The van der Waals surface area contributed by atoms with Crippen molar-refractivity contribution in [2.24, 2.45) is 0 Å². The highest BCUT2D eigenvalue weighted by molar-refractivity contribution is 6.09. The molecule has 1 heterocycles. The van der Waals surface area contributed by atoms with Crippen LogP contribution in [-0.4, -0.2) is 0 Å². The molecule has 210 valence electrons. The number of para-hydroxylation sites is 1. The molecule has 1 N–H and O–H groups in total. The number of benzene rings is 7. The second kappa shape index (κ2) is 9.07. The molecule has 8 aromatic rings. The second-order valence-electron chi connectivity index (χ2n) is 12.1. The average molecular weight is 574 g/mol. The quantitative estimate of drug-likeness (QED) is 0.227. The van der Waals surface area contributed by atoms with E-state index in [4.69, 9.17) is 4.42 Å². The van der Waals surface area contributed by atoms with Crippen LogP contribution in [0.4, 0.5) is 11.4 Å². The molecule has 2 aliphatic carbocycles. The number of hydrogen-bond donors (Lipinski definition) is 1. The van der Waals surface area contributed by atoms with Crippen molar-refractivity contribution in [3.8, 4) is 33.4 Å². The Morgan fingerprint density at radius 1 is 0.422 bits per heavy atom. The molecule has 0 saturated carbocycles. The first-order valence-electron chi connectivity index (χ1n) is 15.5. The average Bonchev–Trinajstić information content (AvgIpc) is 3.72. The third kappa shape index (κ3) is 3.29. The Hall–Kier alpha value is -5.86. The lowest BCUT2D eigenvalue weighted by molar-refractivity contribution is 0.669. The molecule has 0 saturated heterocycles. The molecule has 1 unspecified atom stereocenters. The van der Waals surface area contributed by atoms with Gasteiger partial charge in [-0.25, -0.2) is 0 Å². The van der Waals surface area contributed by atoms with Crippen molar-refractivity contribution < 1.29 is 4.42 Å². The maximum Gasteiger partial charge on any atom is 0.136 e. The van der Waals surface area contributed by atoms with Crippen LogP contribution in [0.2, 0.25) is 0 Å². The molecule has 0 aliphatic heterocycles. The van der Waals surface area contributed by atoms with E-state index in [-0.39, 0.29) is 0 Å². The monoisotopic (exact) mass is 573 g/mol. The molecule has 7 aromatic carbocycles. The molecule has 1 aromatic heterocycles. The van der Waals surface area contributed by atoms with Crippen LogP contribution in [0.25, 0.3) is 55.3 Å². The van der Waals surface area contributed by atoms with E-state index in [2.05, 4.69) is 157 Å². The molecule has 10 rings (SSSR count). The summed E-state index contributed by atoms with van der Waals surface area (Å²) in [6, 6.07) is 57.0. The van der Waals surface area contributed by atoms with Crippen molar-refractivity contribution in [3.05, 3.63) is 180 Å². The number of fused-ring (bicyclic) bond motifs is 13. The van der Waals surface area contributed by atoms with E-state index in [0.29, 0.717) is 0 Å². The van der Waals surface area contributed by atoms with Gasteiger partial charge in [-0.05, 0) is 86.5 Å². The van der Waals surface area contributed by atoms with Crippen molar-refractivity contribution in [2.45, 2.75) is 5.41 Å². The minimum Gasteiger partial charge on any atom is -0.456 e. The molecule has 2 aliphatic rings. The summed E-state index contributed by atoms with van der Waals surface area (Å²) in [5.41, 5.74) is 16.4. The van der Waals surface area contributed by atoms with Gasteiger partial charge in [0.2, 0.25) is 0 Å². The van der Waals surface area contributed by atoms with Gasteiger partial charge < -0.3 is 9.73 Å². The Balaban J connectivity index is 1.21. The maximum atomic E-state index is 6.39. The van der Waals surface area contributed by atoms with Crippen molar-refractivity contribution >= 4 is 33.3 Å². The van der Waals surface area contributed by atoms with E-state index in [1.807, 2.05) is 6.07 Å². The summed E-state index contributed by atoms with van der Waals surface area (Å²) >= 11 is 0. The largest absolute Gasteiger partial charge is 0.456 e. The lowest BCUT2D eigenvalue weighted by atomic mass is 9.70. The van der Waals surface area contributed by atoms with Crippen LogP contribution in [0.1, 0.15) is 22.3 Å². The van der Waals surface area contributed by atoms with Crippen LogP contribution in [0.15, 0.2) is 162 Å². The molecule has 1 spiro atoms. The van der Waals surface area contributed by atoms with E-state index in [9.17, 15) is 0 Å². The molecule has 0 bridgehead atoms. The highest BCUT2D eigenvalue weighted by Gasteiger charge is 2.52. The molecular formula is C43H27NO. The summed E-state index contributed by atoms with van der Waals surface area (Å²) in [5.74, 6) is 0. The summed E-state index contributed by atoms with van der Waals surface area (Å²) < 4.78 is 6.39. The highest BCUT2D eigenvalue weighted by atomic mass is 16.3. The van der Waals surface area contributed by atoms with Gasteiger partial charge in [0, 0.05) is 27.7 Å². The van der Waals surface area contributed by atoms with Gasteiger partial charge in [-0.3, -0.25) is 0 Å². The molecular weight excluding hydrogens is 546 g/mol. The fourth-order valence-corrected chi connectivity index (χ4v) is 8.04. The van der Waals surface area contributed by atoms with Gasteiger partial charge in [0.05, 0.1) is 5.41 Å². The third-order valence-corrected chi connectivity index (χ3v) is 9.88. The molecule has 2 nitrogen and oxygen atoms in total. The lowest BCUT2D eigenvalue weighted by Gasteiger charge is -2.30. The van der Waals surface area contributed by atoms with Gasteiger partial charge in [-0.15, -0.1) is 0 Å². The van der Waals surface area contributed by atoms with Crippen LogP contribution in [0, 0.1) is 0 Å². The van der Waals surface area contributed by atoms with Gasteiger partial charge in [0.15, 0.2) is 0 Å². The van der Waals surface area contributed by atoms with E-state index in [0.717, 1.165) is 33.3 Å². The Labute approximate surface area is 261 Å². The standard InChI is InChI=1S/C43H27NO/c1-2-11-27(12-3-1)28-21-23-29(24-22-28)44-39-19-10-18-37-42(39)32-15-5-8-17-36(32)43(37)35-16-7-4-13-30(35)33-26-41-34(25-38(33)43)31-14-6-9-20-40(31)45-41/h1-26,44H. The predicted molar refractivity (Wildman–Crippen MR) is 185 cm³/mol. The number of anilines is 2. The minimum absolute atomic E-state index is 0.431. The summed E-state index contributed by atoms with van der Waals surface area (Å²) in [5, 5.41) is 6.13. The summed E-state index contributed by atoms with van der Waals surface area (Å²) in [6.07, 6.45) is 0. The fraction of sp³-hybridized carbons (Fsp3) is 0.0233. The zero-order valence-electron chi connectivity index (χ0n) is 24.4. The SMILES string of the molecule is c1ccc(-c2ccc(Nc3cccc4c3-c3ccccc3C43c4ccccc4-c4cc5oc6ccccc6c5cc43)cc2)cc1. The predicted octanol–water partition coefficient (Wildman–Crippen LogP) is 11.3. The number of nitrogens with one attached hydrogen (secondary N) is 1. The zero-order chi connectivity index (χ0) is 29.5. The number of furan rings is 1. The molecule has 1 atom stereocenters. The Kier molecular flexibility index (Phi) is 4.95. The van der Waals surface area contributed by atoms with E-state index in [1.165, 1.54) is 55.6 Å². The Morgan fingerprint density at radius 2 is 1.09 bits per heavy atom. The molecule has 0 amide bonds. The first-order valence-corrected chi connectivity index (χ1v) is 15.5. The summed E-state index contributed by atoms with van der Waals surface area (Å²) in [7, 11) is 0. The smallest absolute Gasteiger partial charge is 0.136 e. The maximum absolute atomic E-state index is 6.39. The van der Waals surface area contributed by atoms with Gasteiger partial charge in [0.25, 0.3) is 0 Å². The molecule has 2 heteroatoms.